The molecule has 1 aliphatic heterocycles. The van der Waals surface area contributed by atoms with Crippen molar-refractivity contribution in [3.8, 4) is 11.5 Å². The molecule has 0 fully saturated rings. The number of aryl methyl sites for hydroxylation is 1. The Balaban J connectivity index is 0.000000649. The van der Waals surface area contributed by atoms with E-state index in [1.807, 2.05) is 64.7 Å². The van der Waals surface area contributed by atoms with E-state index in [2.05, 4.69) is 95.9 Å². The van der Waals surface area contributed by atoms with Crippen molar-refractivity contribution in [2.24, 2.45) is 5.92 Å². The van der Waals surface area contributed by atoms with E-state index in [4.69, 9.17) is 14.5 Å². The van der Waals surface area contributed by atoms with Crippen LogP contribution in [0.15, 0.2) is 61.6 Å². The minimum Gasteiger partial charge on any atom is -0.460 e. The molecule has 2 unspecified atom stereocenters. The van der Waals surface area contributed by atoms with Gasteiger partial charge in [0, 0.05) is 45.0 Å². The summed E-state index contributed by atoms with van der Waals surface area (Å²) in [6, 6.07) is 14.5. The van der Waals surface area contributed by atoms with Gasteiger partial charge in [-0.25, -0.2) is 15.0 Å². The molecule has 0 saturated carbocycles. The molecule has 2 aromatic carbocycles. The average molecular weight is 772 g/mol. The summed E-state index contributed by atoms with van der Waals surface area (Å²) in [5.41, 5.74) is 6.63. The smallest absolute Gasteiger partial charge is 0.303 e. The predicted octanol–water partition coefficient (Wildman–Crippen LogP) is 11.3. The topological polar surface area (TPSA) is 105 Å². The minimum absolute atomic E-state index is 0.225. The second kappa shape index (κ2) is 21.5. The normalized spacial score (nSPS) is 14.1. The number of hydrogen-bond acceptors (Lipinski definition) is 11. The van der Waals surface area contributed by atoms with Crippen LogP contribution in [0.2, 0.25) is 0 Å². The first-order valence-electron chi connectivity index (χ1n) is 19.4. The summed E-state index contributed by atoms with van der Waals surface area (Å²) < 4.78 is 11.2. The van der Waals surface area contributed by atoms with Crippen LogP contribution in [0.1, 0.15) is 98.1 Å². The zero-order valence-corrected chi connectivity index (χ0v) is 36.2. The van der Waals surface area contributed by atoms with Gasteiger partial charge in [0.2, 0.25) is 0 Å². The molecule has 0 radical (unpaired) electrons. The number of hydrogen-bond donors (Lipinski definition) is 2. The van der Waals surface area contributed by atoms with Gasteiger partial charge in [-0.2, -0.15) is 11.8 Å². The monoisotopic (exact) mass is 771 g/mol. The molecule has 0 aliphatic carbocycles. The van der Waals surface area contributed by atoms with Gasteiger partial charge in [-0.3, -0.25) is 4.79 Å². The molecule has 0 amide bonds. The number of carbonyl (C=O) groups is 1. The summed E-state index contributed by atoms with van der Waals surface area (Å²) in [5.74, 6) is 4.01. The van der Waals surface area contributed by atoms with E-state index in [9.17, 15) is 4.79 Å². The number of thioether (sulfide) groups is 1. The van der Waals surface area contributed by atoms with Gasteiger partial charge in [0.25, 0.3) is 0 Å². The maximum Gasteiger partial charge on any atom is 0.303 e. The molecule has 300 valence electrons. The summed E-state index contributed by atoms with van der Waals surface area (Å²) in [6.45, 7) is 24.8. The number of ether oxygens (including phenoxy) is 2. The van der Waals surface area contributed by atoms with Crippen LogP contribution in [-0.4, -0.2) is 65.7 Å². The average Bonchev–Trinajstić information content (AvgIpc) is 3.28. The van der Waals surface area contributed by atoms with E-state index in [1.165, 1.54) is 25.3 Å². The number of nitrogens with zero attached hydrogens (tertiary/aromatic N) is 5. The number of anilines is 5. The summed E-state index contributed by atoms with van der Waals surface area (Å²) in [6.07, 6.45) is 12.1. The van der Waals surface area contributed by atoms with Crippen LogP contribution in [0, 0.1) is 12.8 Å². The van der Waals surface area contributed by atoms with Crippen molar-refractivity contribution < 1.29 is 14.3 Å². The van der Waals surface area contributed by atoms with Crippen molar-refractivity contribution in [1.29, 1.82) is 0 Å². The number of benzene rings is 2. The lowest BCUT2D eigenvalue weighted by atomic mass is 9.96. The van der Waals surface area contributed by atoms with Crippen molar-refractivity contribution in [1.82, 2.24) is 15.0 Å². The fourth-order valence-corrected chi connectivity index (χ4v) is 6.17. The van der Waals surface area contributed by atoms with Crippen molar-refractivity contribution in [2.45, 2.75) is 99.5 Å². The number of carbonyl (C=O) groups excluding carboxylic acids is 1. The fraction of sp³-hybridized carbons (Fsp3) is 0.500. The Kier molecular flexibility index (Phi) is 17.6. The van der Waals surface area contributed by atoms with E-state index in [1.54, 1.807) is 18.1 Å². The molecule has 10 nitrogen and oxygen atoms in total. The fourth-order valence-electron chi connectivity index (χ4n) is 6.17. The van der Waals surface area contributed by atoms with Gasteiger partial charge in [0.1, 0.15) is 28.9 Å². The summed E-state index contributed by atoms with van der Waals surface area (Å²) in [4.78, 5) is 29.1. The second-order valence-corrected chi connectivity index (χ2v) is 16.1. The van der Waals surface area contributed by atoms with Crippen LogP contribution in [0.3, 0.4) is 0 Å². The van der Waals surface area contributed by atoms with Crippen LogP contribution in [0.25, 0.3) is 11.0 Å². The standard InChI is InChI=1S/C36H47N7O.C6H12O2.C2H6S/c1-8-11-12-17-43-22-24(4)21-37-31-20-30-34(41-36(31)43)35(39-23-38-30)40-27-13-16-33(26(6)18-27)44-28-14-15-32(42(7)10-3)29(19-28)25(5)9-2;1-5(7)8-6(2,3)4;1-3-2/h10,13-16,18-20,23-25,37H,3,8-9,11-12,17,21-22H2,1-2,4-7H3,(H,38,39,40);1-4H3;1-2H3. The maximum atomic E-state index is 10.2. The summed E-state index contributed by atoms with van der Waals surface area (Å²) in [7, 11) is 2.03. The highest BCUT2D eigenvalue weighted by atomic mass is 32.2. The van der Waals surface area contributed by atoms with Crippen LogP contribution in [0.5, 0.6) is 11.5 Å². The summed E-state index contributed by atoms with van der Waals surface area (Å²) >= 11 is 1.75. The Bertz CT molecular complexity index is 1840. The molecule has 1 aliphatic rings. The molecule has 2 atom stereocenters. The van der Waals surface area contributed by atoms with Gasteiger partial charge in [-0.15, -0.1) is 0 Å². The third kappa shape index (κ3) is 13.6. The molecule has 0 saturated heterocycles. The van der Waals surface area contributed by atoms with Gasteiger partial charge in [0.05, 0.1) is 11.2 Å². The van der Waals surface area contributed by atoms with Crippen molar-refractivity contribution in [2.75, 3.05) is 59.6 Å². The predicted molar refractivity (Wildman–Crippen MR) is 236 cm³/mol. The molecule has 0 bridgehead atoms. The lowest BCUT2D eigenvalue weighted by Gasteiger charge is -2.25. The molecule has 55 heavy (non-hydrogen) atoms. The molecule has 4 aromatic rings. The molecule has 2 aromatic heterocycles. The Morgan fingerprint density at radius 1 is 1.15 bits per heavy atom. The molecule has 11 heteroatoms. The van der Waals surface area contributed by atoms with Crippen molar-refractivity contribution in [3.05, 3.63) is 72.7 Å². The SMILES string of the molecule is C=CN(C)c1ccc(Oc2ccc(Nc3ncnc4cc5c(nc34)N(CCCCC)CC(C)CN5)cc2C)cc1C(C)CC.CC(=O)OC(C)(C)C.CSC. The molecule has 0 spiro atoms. The number of pyridine rings is 1. The molecule has 2 N–H and O–H groups in total. The van der Waals surface area contributed by atoms with Crippen LogP contribution in [-0.2, 0) is 9.53 Å². The molecular weight excluding hydrogens is 707 g/mol. The minimum atomic E-state index is -0.328. The second-order valence-electron chi connectivity index (χ2n) is 15.2. The quantitative estimate of drug-likeness (QED) is 0.106. The van der Waals surface area contributed by atoms with Gasteiger partial charge in [0.15, 0.2) is 11.6 Å². The zero-order valence-electron chi connectivity index (χ0n) is 35.4. The van der Waals surface area contributed by atoms with E-state index in [0.717, 1.165) is 83.5 Å². The highest BCUT2D eigenvalue weighted by Crippen LogP contribution is 2.37. The Labute approximate surface area is 334 Å². The third-order valence-corrected chi connectivity index (χ3v) is 9.01. The number of rotatable bonds is 12. The Morgan fingerprint density at radius 2 is 1.87 bits per heavy atom. The Morgan fingerprint density at radius 3 is 2.47 bits per heavy atom. The van der Waals surface area contributed by atoms with Gasteiger partial charge >= 0.3 is 5.97 Å². The van der Waals surface area contributed by atoms with Crippen molar-refractivity contribution in [3.63, 3.8) is 0 Å². The van der Waals surface area contributed by atoms with E-state index in [0.29, 0.717) is 17.7 Å². The highest BCUT2D eigenvalue weighted by molar-refractivity contribution is 7.97. The molecule has 3 heterocycles. The van der Waals surface area contributed by atoms with E-state index >= 15 is 0 Å². The first kappa shape index (κ1) is 44.9. The van der Waals surface area contributed by atoms with Crippen LogP contribution >= 0.6 is 11.8 Å². The van der Waals surface area contributed by atoms with Gasteiger partial charge < -0.3 is 29.9 Å². The Hall–Kier alpha value is -4.51. The number of nitrogens with one attached hydrogen (secondary N) is 2. The summed E-state index contributed by atoms with van der Waals surface area (Å²) in [5, 5.41) is 7.12. The lowest BCUT2D eigenvalue weighted by Crippen LogP contribution is -2.30. The molecular formula is C44H65N7O3S. The zero-order chi connectivity index (χ0) is 40.7. The number of fused-ring (bicyclic) bond motifs is 2. The van der Waals surface area contributed by atoms with E-state index < -0.39 is 0 Å². The van der Waals surface area contributed by atoms with Crippen LogP contribution in [0.4, 0.5) is 28.7 Å². The van der Waals surface area contributed by atoms with Gasteiger partial charge in [-0.1, -0.05) is 47.1 Å². The first-order valence-corrected chi connectivity index (χ1v) is 21.1. The molecule has 5 rings (SSSR count). The van der Waals surface area contributed by atoms with Crippen LogP contribution < -0.4 is 25.2 Å². The number of esters is 1. The van der Waals surface area contributed by atoms with E-state index in [-0.39, 0.29) is 11.6 Å². The van der Waals surface area contributed by atoms with Gasteiger partial charge in [-0.05, 0) is 125 Å². The number of unbranched alkanes of at least 4 members (excludes halogenated alkanes) is 2. The highest BCUT2D eigenvalue weighted by Gasteiger charge is 2.23. The largest absolute Gasteiger partial charge is 0.460 e. The first-order chi connectivity index (χ1) is 26.1. The third-order valence-electron chi connectivity index (χ3n) is 9.01. The maximum absolute atomic E-state index is 10.2. The number of aromatic nitrogens is 3. The lowest BCUT2D eigenvalue weighted by molar-refractivity contribution is -0.151. The van der Waals surface area contributed by atoms with Crippen molar-refractivity contribution >= 4 is 57.5 Å².